The second-order valence-corrected chi connectivity index (χ2v) is 9.56. The van der Waals surface area contributed by atoms with Gasteiger partial charge in [-0.1, -0.05) is 119 Å². The molecule has 2 unspecified atom stereocenters. The molecular formula is C31H23Br. The topological polar surface area (TPSA) is 0 Å². The van der Waals surface area contributed by atoms with E-state index in [9.17, 15) is 0 Å². The summed E-state index contributed by atoms with van der Waals surface area (Å²) in [7, 11) is 0. The van der Waals surface area contributed by atoms with Crippen LogP contribution in [0.1, 0.15) is 23.1 Å². The zero-order valence-corrected chi connectivity index (χ0v) is 19.3. The molecule has 0 heterocycles. The number of fused-ring (bicyclic) bond motifs is 3. The van der Waals surface area contributed by atoms with Gasteiger partial charge in [0.05, 0.1) is 5.41 Å². The summed E-state index contributed by atoms with van der Waals surface area (Å²) in [6, 6.07) is 35.8. The summed E-state index contributed by atoms with van der Waals surface area (Å²) in [6.07, 6.45) is 10.1. The molecule has 0 spiro atoms. The van der Waals surface area contributed by atoms with Crippen LogP contribution in [0.15, 0.2) is 126 Å². The third kappa shape index (κ3) is 2.88. The molecule has 0 saturated heterocycles. The molecule has 6 rings (SSSR count). The van der Waals surface area contributed by atoms with Gasteiger partial charge in [-0.05, 0) is 69.5 Å². The number of halogens is 1. The van der Waals surface area contributed by atoms with Crippen molar-refractivity contribution in [2.24, 2.45) is 5.92 Å². The molecule has 0 nitrogen and oxygen atoms in total. The molecule has 0 aromatic heterocycles. The summed E-state index contributed by atoms with van der Waals surface area (Å²) in [5, 5.41) is 0. The molecule has 0 aliphatic heterocycles. The highest BCUT2D eigenvalue weighted by Crippen LogP contribution is 2.58. The van der Waals surface area contributed by atoms with Gasteiger partial charge in [0, 0.05) is 4.47 Å². The van der Waals surface area contributed by atoms with E-state index >= 15 is 0 Å². The van der Waals surface area contributed by atoms with Crippen molar-refractivity contribution in [3.8, 4) is 22.3 Å². The lowest BCUT2D eigenvalue weighted by Gasteiger charge is -2.39. The van der Waals surface area contributed by atoms with Gasteiger partial charge in [0.2, 0.25) is 0 Å². The van der Waals surface area contributed by atoms with Crippen molar-refractivity contribution in [1.29, 1.82) is 0 Å². The Morgan fingerprint density at radius 2 is 1.38 bits per heavy atom. The van der Waals surface area contributed by atoms with Gasteiger partial charge >= 0.3 is 0 Å². The highest BCUT2D eigenvalue weighted by molar-refractivity contribution is 9.10. The summed E-state index contributed by atoms with van der Waals surface area (Å²) >= 11 is 3.57. The van der Waals surface area contributed by atoms with E-state index in [1.807, 2.05) is 0 Å². The van der Waals surface area contributed by atoms with Gasteiger partial charge in [-0.25, -0.2) is 0 Å². The monoisotopic (exact) mass is 474 g/mol. The molecule has 2 aliphatic carbocycles. The van der Waals surface area contributed by atoms with Crippen molar-refractivity contribution in [3.63, 3.8) is 0 Å². The number of allylic oxidation sites excluding steroid dienone is 4. The lowest BCUT2D eigenvalue weighted by Crippen LogP contribution is -2.35. The van der Waals surface area contributed by atoms with Gasteiger partial charge in [-0.2, -0.15) is 0 Å². The lowest BCUT2D eigenvalue weighted by atomic mass is 9.62. The quantitative estimate of drug-likeness (QED) is 0.278. The van der Waals surface area contributed by atoms with Crippen molar-refractivity contribution in [2.45, 2.75) is 11.8 Å². The molecule has 32 heavy (non-hydrogen) atoms. The van der Waals surface area contributed by atoms with E-state index < -0.39 is 0 Å². The Kier molecular flexibility index (Phi) is 4.73. The van der Waals surface area contributed by atoms with Gasteiger partial charge < -0.3 is 0 Å². The first kappa shape index (κ1) is 19.5. The number of hydrogen-bond donors (Lipinski definition) is 0. The predicted octanol–water partition coefficient (Wildman–Crippen LogP) is 8.56. The third-order valence-electron chi connectivity index (χ3n) is 7.03. The summed E-state index contributed by atoms with van der Waals surface area (Å²) in [5.41, 5.74) is 9.20. The minimum atomic E-state index is -0.209. The second kappa shape index (κ2) is 7.76. The maximum Gasteiger partial charge on any atom is 0.0529 e. The van der Waals surface area contributed by atoms with Crippen molar-refractivity contribution >= 4 is 15.9 Å². The van der Waals surface area contributed by atoms with Gasteiger partial charge in [-0.3, -0.25) is 0 Å². The maximum absolute atomic E-state index is 3.57. The Bertz CT molecular complexity index is 1350. The molecule has 4 aromatic carbocycles. The van der Waals surface area contributed by atoms with Gasteiger partial charge in [-0.15, -0.1) is 0 Å². The van der Waals surface area contributed by atoms with E-state index in [1.165, 1.54) is 38.9 Å². The number of hydrogen-bond acceptors (Lipinski definition) is 0. The van der Waals surface area contributed by atoms with Crippen molar-refractivity contribution in [2.75, 3.05) is 0 Å². The Hall–Kier alpha value is -3.16. The first-order chi connectivity index (χ1) is 15.8. The Balaban J connectivity index is 1.67. The predicted molar refractivity (Wildman–Crippen MR) is 138 cm³/mol. The molecule has 1 heteroatoms. The molecule has 0 amide bonds. The standard InChI is InChI=1S/C31H23Br/c32-26-18-15-22(16-19-26)23-17-20-28-27-13-7-8-14-29(27)31(30(28)21-23,24-9-3-1-4-10-24)25-11-5-2-6-12-25/h1-11,13-21,25H,12H2. The van der Waals surface area contributed by atoms with Gasteiger partial charge in [0.15, 0.2) is 0 Å². The fourth-order valence-corrected chi connectivity index (χ4v) is 5.93. The molecule has 0 N–H and O–H groups in total. The second-order valence-electron chi connectivity index (χ2n) is 8.64. The number of rotatable bonds is 3. The molecule has 0 fully saturated rings. The van der Waals surface area contributed by atoms with Crippen LogP contribution in [0.3, 0.4) is 0 Å². The van der Waals surface area contributed by atoms with E-state index in [-0.39, 0.29) is 5.41 Å². The molecule has 0 bridgehead atoms. The van der Waals surface area contributed by atoms with Crippen LogP contribution in [0.2, 0.25) is 0 Å². The summed E-state index contributed by atoms with van der Waals surface area (Å²) in [5.74, 6) is 0.359. The van der Waals surface area contributed by atoms with Crippen LogP contribution < -0.4 is 0 Å². The van der Waals surface area contributed by atoms with E-state index in [0.29, 0.717) is 5.92 Å². The Morgan fingerprint density at radius 1 is 0.656 bits per heavy atom. The zero-order chi connectivity index (χ0) is 21.5. The summed E-state index contributed by atoms with van der Waals surface area (Å²) in [4.78, 5) is 0. The molecule has 4 aromatic rings. The van der Waals surface area contributed by atoms with E-state index in [2.05, 4.69) is 137 Å². The van der Waals surface area contributed by atoms with Crippen LogP contribution in [0.4, 0.5) is 0 Å². The number of benzene rings is 4. The van der Waals surface area contributed by atoms with Gasteiger partial charge in [0.25, 0.3) is 0 Å². The molecule has 154 valence electrons. The lowest BCUT2D eigenvalue weighted by molar-refractivity contribution is 0.457. The van der Waals surface area contributed by atoms with Crippen molar-refractivity contribution < 1.29 is 0 Å². The van der Waals surface area contributed by atoms with Crippen LogP contribution >= 0.6 is 15.9 Å². The first-order valence-electron chi connectivity index (χ1n) is 11.2. The average molecular weight is 475 g/mol. The normalized spacial score (nSPS) is 20.7. The van der Waals surface area contributed by atoms with Crippen molar-refractivity contribution in [3.05, 3.63) is 143 Å². The van der Waals surface area contributed by atoms with Crippen LogP contribution in [-0.4, -0.2) is 0 Å². The molecule has 2 atom stereocenters. The van der Waals surface area contributed by atoms with Crippen LogP contribution in [0.5, 0.6) is 0 Å². The molecule has 2 aliphatic rings. The SMILES string of the molecule is Brc1ccc(-c2ccc3c(c2)C(c2ccccc2)(C2C=CC=CC2)c2ccccc2-3)cc1. The molecular weight excluding hydrogens is 452 g/mol. The largest absolute Gasteiger partial charge is 0.0839 e. The smallest absolute Gasteiger partial charge is 0.0529 e. The minimum Gasteiger partial charge on any atom is -0.0839 e. The summed E-state index contributed by atoms with van der Waals surface area (Å²) < 4.78 is 1.10. The first-order valence-corrected chi connectivity index (χ1v) is 12.0. The fourth-order valence-electron chi connectivity index (χ4n) is 5.66. The van der Waals surface area contributed by atoms with E-state index in [0.717, 1.165) is 10.9 Å². The average Bonchev–Trinajstić information content (AvgIpc) is 3.16. The van der Waals surface area contributed by atoms with Crippen LogP contribution in [0.25, 0.3) is 22.3 Å². The third-order valence-corrected chi connectivity index (χ3v) is 7.56. The summed E-state index contributed by atoms with van der Waals surface area (Å²) in [6.45, 7) is 0. The highest BCUT2D eigenvalue weighted by atomic mass is 79.9. The molecule has 0 radical (unpaired) electrons. The minimum absolute atomic E-state index is 0.209. The van der Waals surface area contributed by atoms with E-state index in [1.54, 1.807) is 0 Å². The highest BCUT2D eigenvalue weighted by Gasteiger charge is 2.48. The van der Waals surface area contributed by atoms with E-state index in [4.69, 9.17) is 0 Å². The van der Waals surface area contributed by atoms with Crippen molar-refractivity contribution in [1.82, 2.24) is 0 Å². The zero-order valence-electron chi connectivity index (χ0n) is 17.7. The van der Waals surface area contributed by atoms with Crippen LogP contribution in [0, 0.1) is 5.92 Å². The maximum atomic E-state index is 3.57. The van der Waals surface area contributed by atoms with Gasteiger partial charge in [0.1, 0.15) is 0 Å². The fraction of sp³-hybridized carbons (Fsp3) is 0.0968. The van der Waals surface area contributed by atoms with Crippen LogP contribution in [-0.2, 0) is 5.41 Å². The Morgan fingerprint density at radius 3 is 2.16 bits per heavy atom. The Labute approximate surface area is 198 Å². The molecule has 0 saturated carbocycles.